The first-order valence-corrected chi connectivity index (χ1v) is 7.55. The third kappa shape index (κ3) is 2.87. The fraction of sp³-hybridized carbons (Fsp3) is 0.933. The second kappa shape index (κ2) is 5.60. The van der Waals surface area contributed by atoms with E-state index in [1.165, 1.54) is 19.3 Å². The maximum absolute atomic E-state index is 12.7. The quantitative estimate of drug-likeness (QED) is 0.777. The number of nitrogens with one attached hydrogen (secondary N) is 1. The van der Waals surface area contributed by atoms with Crippen LogP contribution in [0.3, 0.4) is 0 Å². The zero-order valence-corrected chi connectivity index (χ0v) is 12.3. The molecule has 2 saturated heterocycles. The minimum atomic E-state index is 0.0636. The van der Waals surface area contributed by atoms with E-state index in [2.05, 4.69) is 37.9 Å². The molecule has 2 heterocycles. The first-order valence-electron chi connectivity index (χ1n) is 7.55. The summed E-state index contributed by atoms with van der Waals surface area (Å²) in [5, 5.41) is 3.47. The van der Waals surface area contributed by atoms with Crippen molar-refractivity contribution in [1.82, 2.24) is 10.2 Å². The van der Waals surface area contributed by atoms with Crippen LogP contribution in [0, 0.1) is 11.8 Å². The molecule has 2 fully saturated rings. The van der Waals surface area contributed by atoms with Gasteiger partial charge in [-0.2, -0.15) is 0 Å². The van der Waals surface area contributed by atoms with E-state index in [1.54, 1.807) is 0 Å². The monoisotopic (exact) mass is 252 g/mol. The molecule has 2 aliphatic rings. The molecule has 0 aliphatic carbocycles. The van der Waals surface area contributed by atoms with Gasteiger partial charge in [-0.25, -0.2) is 0 Å². The molecule has 0 saturated carbocycles. The fourth-order valence-electron chi connectivity index (χ4n) is 3.54. The van der Waals surface area contributed by atoms with E-state index >= 15 is 0 Å². The minimum Gasteiger partial charge on any atom is -0.338 e. The van der Waals surface area contributed by atoms with E-state index in [0.29, 0.717) is 29.8 Å². The fourth-order valence-corrected chi connectivity index (χ4v) is 3.54. The van der Waals surface area contributed by atoms with Crippen LogP contribution >= 0.6 is 0 Å². The van der Waals surface area contributed by atoms with Gasteiger partial charge in [0.1, 0.15) is 0 Å². The van der Waals surface area contributed by atoms with Gasteiger partial charge in [-0.05, 0) is 51.4 Å². The van der Waals surface area contributed by atoms with Gasteiger partial charge in [0.25, 0.3) is 0 Å². The Morgan fingerprint density at radius 3 is 2.56 bits per heavy atom. The van der Waals surface area contributed by atoms with Crippen molar-refractivity contribution in [3.05, 3.63) is 0 Å². The Morgan fingerprint density at radius 1 is 1.17 bits per heavy atom. The van der Waals surface area contributed by atoms with Crippen molar-refractivity contribution in [2.24, 2.45) is 11.8 Å². The minimum absolute atomic E-state index is 0.0636. The van der Waals surface area contributed by atoms with Crippen molar-refractivity contribution in [3.8, 4) is 0 Å². The number of likely N-dealkylation sites (tertiary alicyclic amines) is 1. The zero-order chi connectivity index (χ0) is 13.3. The number of amides is 1. The molecule has 5 atom stereocenters. The van der Waals surface area contributed by atoms with Gasteiger partial charge in [0.15, 0.2) is 0 Å². The third-order valence-electron chi connectivity index (χ3n) is 4.79. The van der Waals surface area contributed by atoms with Gasteiger partial charge < -0.3 is 10.2 Å². The molecule has 0 aromatic carbocycles. The van der Waals surface area contributed by atoms with E-state index in [-0.39, 0.29) is 6.04 Å². The lowest BCUT2D eigenvalue weighted by Crippen LogP contribution is -2.57. The topological polar surface area (TPSA) is 32.3 Å². The van der Waals surface area contributed by atoms with Crippen molar-refractivity contribution in [1.29, 1.82) is 0 Å². The number of carbonyl (C=O) groups is 1. The first kappa shape index (κ1) is 13.9. The summed E-state index contributed by atoms with van der Waals surface area (Å²) >= 11 is 0. The number of hydrogen-bond acceptors (Lipinski definition) is 2. The Balaban J connectivity index is 2.02. The number of piperidine rings is 2. The summed E-state index contributed by atoms with van der Waals surface area (Å²) in [5.41, 5.74) is 0. The Bertz CT molecular complexity index is 305. The summed E-state index contributed by atoms with van der Waals surface area (Å²) in [5.74, 6) is 1.60. The van der Waals surface area contributed by atoms with Crippen LogP contribution in [0.1, 0.15) is 53.4 Å². The summed E-state index contributed by atoms with van der Waals surface area (Å²) < 4.78 is 0. The van der Waals surface area contributed by atoms with E-state index in [9.17, 15) is 4.79 Å². The molecule has 18 heavy (non-hydrogen) atoms. The summed E-state index contributed by atoms with van der Waals surface area (Å²) in [4.78, 5) is 14.8. The highest BCUT2D eigenvalue weighted by molar-refractivity contribution is 5.82. The highest BCUT2D eigenvalue weighted by Crippen LogP contribution is 2.28. The Hall–Kier alpha value is -0.570. The maximum Gasteiger partial charge on any atom is 0.239 e. The molecule has 0 aromatic rings. The molecule has 2 rings (SSSR count). The molecule has 3 nitrogen and oxygen atoms in total. The first-order chi connectivity index (χ1) is 8.49. The molecule has 0 bridgehead atoms. The van der Waals surface area contributed by atoms with Crippen molar-refractivity contribution in [2.75, 3.05) is 6.54 Å². The zero-order valence-electron chi connectivity index (χ0n) is 12.3. The van der Waals surface area contributed by atoms with Gasteiger partial charge in [-0.15, -0.1) is 0 Å². The molecular weight excluding hydrogens is 224 g/mol. The molecule has 1 amide bonds. The number of rotatable bonds is 1. The molecule has 0 aromatic heterocycles. The Morgan fingerprint density at radius 2 is 1.89 bits per heavy atom. The smallest absolute Gasteiger partial charge is 0.239 e. The van der Waals surface area contributed by atoms with Crippen LogP contribution in [0.25, 0.3) is 0 Å². The molecule has 1 N–H and O–H groups in total. The van der Waals surface area contributed by atoms with Gasteiger partial charge in [0.05, 0.1) is 6.04 Å². The average Bonchev–Trinajstić information content (AvgIpc) is 2.33. The summed E-state index contributed by atoms with van der Waals surface area (Å²) in [7, 11) is 0. The van der Waals surface area contributed by atoms with Crippen molar-refractivity contribution >= 4 is 5.91 Å². The van der Waals surface area contributed by atoms with Crippen LogP contribution < -0.4 is 5.32 Å². The van der Waals surface area contributed by atoms with Crippen LogP contribution in [-0.4, -0.2) is 35.5 Å². The predicted molar refractivity (Wildman–Crippen MR) is 74.4 cm³/mol. The lowest BCUT2D eigenvalue weighted by Gasteiger charge is -2.43. The summed E-state index contributed by atoms with van der Waals surface area (Å²) in [6.07, 6.45) is 4.64. The number of carbonyl (C=O) groups excluding carboxylic acids is 1. The lowest BCUT2D eigenvalue weighted by atomic mass is 9.85. The number of hydrogen-bond donors (Lipinski definition) is 1. The van der Waals surface area contributed by atoms with E-state index < -0.39 is 0 Å². The predicted octanol–water partition coefficient (Wildman–Crippen LogP) is 2.41. The number of nitrogens with zero attached hydrogens (tertiary/aromatic N) is 1. The second-order valence-electron chi connectivity index (χ2n) is 6.60. The summed E-state index contributed by atoms with van der Waals surface area (Å²) in [6.45, 7) is 9.87. The SMILES string of the molecule is CC1CC(C)C(C)N(C(=O)C2CCCC(C)N2)C1. The van der Waals surface area contributed by atoms with Gasteiger partial charge >= 0.3 is 0 Å². The summed E-state index contributed by atoms with van der Waals surface area (Å²) in [6, 6.07) is 0.948. The molecular formula is C15H28N2O. The van der Waals surface area contributed by atoms with Gasteiger partial charge in [0, 0.05) is 18.6 Å². The average molecular weight is 252 g/mol. The largest absolute Gasteiger partial charge is 0.338 e. The standard InChI is InChI=1S/C15H28N2O/c1-10-8-11(2)13(4)17(9-10)15(18)14-7-5-6-12(3)16-14/h10-14,16H,5-9H2,1-4H3. The van der Waals surface area contributed by atoms with Crippen LogP contribution in [0.15, 0.2) is 0 Å². The molecule has 3 heteroatoms. The van der Waals surface area contributed by atoms with Crippen LogP contribution in [0.5, 0.6) is 0 Å². The van der Waals surface area contributed by atoms with E-state index in [4.69, 9.17) is 0 Å². The molecule has 0 spiro atoms. The highest BCUT2D eigenvalue weighted by Gasteiger charge is 2.36. The van der Waals surface area contributed by atoms with Gasteiger partial charge in [0.2, 0.25) is 5.91 Å². The van der Waals surface area contributed by atoms with Gasteiger partial charge in [-0.3, -0.25) is 4.79 Å². The maximum atomic E-state index is 12.7. The van der Waals surface area contributed by atoms with Crippen molar-refractivity contribution in [2.45, 2.75) is 71.5 Å². The van der Waals surface area contributed by atoms with Crippen molar-refractivity contribution in [3.63, 3.8) is 0 Å². The van der Waals surface area contributed by atoms with Crippen LogP contribution in [-0.2, 0) is 4.79 Å². The van der Waals surface area contributed by atoms with Crippen LogP contribution in [0.4, 0.5) is 0 Å². The Kier molecular flexibility index (Phi) is 4.31. The third-order valence-corrected chi connectivity index (χ3v) is 4.79. The highest BCUT2D eigenvalue weighted by atomic mass is 16.2. The second-order valence-corrected chi connectivity index (χ2v) is 6.60. The van der Waals surface area contributed by atoms with Gasteiger partial charge in [-0.1, -0.05) is 13.8 Å². The molecule has 0 radical (unpaired) electrons. The van der Waals surface area contributed by atoms with E-state index in [1.807, 2.05) is 0 Å². The molecule has 104 valence electrons. The molecule has 5 unspecified atom stereocenters. The Labute approximate surface area is 111 Å². The normalized spacial score (nSPS) is 41.8. The van der Waals surface area contributed by atoms with Crippen molar-refractivity contribution < 1.29 is 4.79 Å². The molecule has 2 aliphatic heterocycles. The van der Waals surface area contributed by atoms with Crippen LogP contribution in [0.2, 0.25) is 0 Å². The van der Waals surface area contributed by atoms with E-state index in [0.717, 1.165) is 13.0 Å². The lowest BCUT2D eigenvalue weighted by molar-refractivity contribution is -0.140.